The molecule has 0 bridgehead atoms. The third-order valence-corrected chi connectivity index (χ3v) is 7.20. The van der Waals surface area contributed by atoms with Crippen LogP contribution in [0.4, 0.5) is 20.3 Å². The molecule has 5 rings (SSSR count). The molecule has 2 fully saturated rings. The number of phenols is 1. The van der Waals surface area contributed by atoms with Gasteiger partial charge >= 0.3 is 6.01 Å². The summed E-state index contributed by atoms with van der Waals surface area (Å²) < 4.78 is 34.0. The first-order chi connectivity index (χ1) is 17.3. The van der Waals surface area contributed by atoms with Gasteiger partial charge in [-0.25, -0.2) is 8.78 Å². The molecule has 1 aromatic heterocycles. The van der Waals surface area contributed by atoms with Crippen LogP contribution in [-0.2, 0) is 17.9 Å². The third kappa shape index (κ3) is 4.67. The summed E-state index contributed by atoms with van der Waals surface area (Å²) in [6.45, 7) is 6.73. The zero-order chi connectivity index (χ0) is 25.4. The Hall–Kier alpha value is -3.47. The summed E-state index contributed by atoms with van der Waals surface area (Å²) in [5.74, 6) is -1.68. The van der Waals surface area contributed by atoms with Crippen LogP contribution in [0.3, 0.4) is 0 Å². The predicted molar refractivity (Wildman–Crippen MR) is 130 cm³/mol. The molecule has 0 radical (unpaired) electrons. The van der Waals surface area contributed by atoms with Gasteiger partial charge in [0.25, 0.3) is 5.91 Å². The number of para-hydroxylation sites is 1. The first-order valence-corrected chi connectivity index (χ1v) is 12.2. The van der Waals surface area contributed by atoms with E-state index in [0.717, 1.165) is 24.9 Å². The Bertz CT molecular complexity index is 1150. The number of amides is 1. The number of aromatic nitrogens is 2. The van der Waals surface area contributed by atoms with E-state index in [1.807, 2.05) is 4.90 Å². The van der Waals surface area contributed by atoms with Gasteiger partial charge in [-0.3, -0.25) is 4.79 Å². The highest BCUT2D eigenvalue weighted by Crippen LogP contribution is 2.39. The fourth-order valence-electron chi connectivity index (χ4n) is 5.17. The lowest BCUT2D eigenvalue weighted by atomic mass is 10.2. The molecule has 2 saturated heterocycles. The van der Waals surface area contributed by atoms with E-state index < -0.39 is 17.6 Å². The average Bonchev–Trinajstić information content (AvgIpc) is 3.47. The summed E-state index contributed by atoms with van der Waals surface area (Å²) in [5.41, 5.74) is 1.64. The van der Waals surface area contributed by atoms with Gasteiger partial charge in [0, 0.05) is 44.3 Å². The summed E-state index contributed by atoms with van der Waals surface area (Å²) in [6.07, 6.45) is 2.17. The standard InChI is InChI=1S/C25H30F2N6O3/c1-16(26)24(35)32-11-9-31(10-12-32)23-18-13-33(22-19(27)6-3-7-21(22)34)14-20(18)28-25(29-23)36-15-17-5-4-8-30(17)2/h3,6-7,17,34H,1,4-5,8-15H2,2H3/t17-/m0/s1. The van der Waals surface area contributed by atoms with Crippen molar-refractivity contribution in [1.82, 2.24) is 19.8 Å². The molecule has 0 spiro atoms. The molecule has 1 aromatic carbocycles. The second kappa shape index (κ2) is 9.88. The number of piperazine rings is 1. The number of carbonyl (C=O) groups is 1. The lowest BCUT2D eigenvalue weighted by Gasteiger charge is -2.35. The van der Waals surface area contributed by atoms with Crippen LogP contribution in [0.5, 0.6) is 11.8 Å². The highest BCUT2D eigenvalue weighted by atomic mass is 19.1. The Balaban J connectivity index is 1.41. The van der Waals surface area contributed by atoms with Crippen LogP contribution in [0, 0.1) is 5.82 Å². The van der Waals surface area contributed by atoms with E-state index in [0.29, 0.717) is 63.4 Å². The smallest absolute Gasteiger partial charge is 0.318 e. The molecular weight excluding hydrogens is 470 g/mol. The molecule has 2 aromatic rings. The molecule has 192 valence electrons. The zero-order valence-electron chi connectivity index (χ0n) is 20.3. The minimum atomic E-state index is -0.973. The van der Waals surface area contributed by atoms with Crippen molar-refractivity contribution in [2.75, 3.05) is 56.2 Å². The fourth-order valence-corrected chi connectivity index (χ4v) is 5.17. The number of nitrogens with zero attached hydrogens (tertiary/aromatic N) is 6. The summed E-state index contributed by atoms with van der Waals surface area (Å²) in [5, 5.41) is 10.3. The van der Waals surface area contributed by atoms with E-state index in [2.05, 4.69) is 23.5 Å². The van der Waals surface area contributed by atoms with Gasteiger partial charge in [0.2, 0.25) is 0 Å². The number of hydrogen-bond acceptors (Lipinski definition) is 8. The number of hydrogen-bond donors (Lipinski definition) is 1. The molecule has 36 heavy (non-hydrogen) atoms. The van der Waals surface area contributed by atoms with Gasteiger partial charge < -0.3 is 29.4 Å². The monoisotopic (exact) mass is 500 g/mol. The SMILES string of the molecule is C=C(F)C(=O)N1CCN(c2nc(OC[C@@H]3CCCN3C)nc3c2CN(c2c(O)cccc2F)C3)CC1. The minimum Gasteiger partial charge on any atom is -0.506 e. The molecule has 4 heterocycles. The van der Waals surface area contributed by atoms with E-state index >= 15 is 0 Å². The number of ether oxygens (including phenoxy) is 1. The number of phenolic OH excluding ortho intramolecular Hbond substituents is 1. The quantitative estimate of drug-likeness (QED) is 0.606. The molecule has 3 aliphatic heterocycles. The van der Waals surface area contributed by atoms with Crippen molar-refractivity contribution in [3.8, 4) is 11.8 Å². The number of carbonyl (C=O) groups excluding carboxylic acids is 1. The number of aromatic hydroxyl groups is 1. The Kier molecular flexibility index (Phi) is 6.65. The van der Waals surface area contributed by atoms with Crippen molar-refractivity contribution in [2.24, 2.45) is 0 Å². The maximum Gasteiger partial charge on any atom is 0.318 e. The summed E-state index contributed by atoms with van der Waals surface area (Å²) in [7, 11) is 2.07. The maximum atomic E-state index is 14.6. The van der Waals surface area contributed by atoms with E-state index in [1.54, 1.807) is 4.90 Å². The molecule has 9 nitrogen and oxygen atoms in total. The van der Waals surface area contributed by atoms with Crippen molar-refractivity contribution in [2.45, 2.75) is 32.0 Å². The van der Waals surface area contributed by atoms with Gasteiger partial charge in [0.1, 0.15) is 29.7 Å². The fraction of sp³-hybridized carbons (Fsp3) is 0.480. The van der Waals surface area contributed by atoms with Gasteiger partial charge in [0.15, 0.2) is 5.83 Å². The second-order valence-corrected chi connectivity index (χ2v) is 9.49. The lowest BCUT2D eigenvalue weighted by molar-refractivity contribution is -0.128. The topological polar surface area (TPSA) is 85.3 Å². The highest BCUT2D eigenvalue weighted by molar-refractivity contribution is 5.90. The molecular formula is C25H30F2N6O3. The lowest BCUT2D eigenvalue weighted by Crippen LogP contribution is -2.49. The first kappa shape index (κ1) is 24.2. The highest BCUT2D eigenvalue weighted by Gasteiger charge is 2.33. The van der Waals surface area contributed by atoms with Gasteiger partial charge in [-0.2, -0.15) is 9.97 Å². The van der Waals surface area contributed by atoms with Crippen LogP contribution in [-0.4, -0.2) is 83.2 Å². The van der Waals surface area contributed by atoms with Crippen LogP contribution in [0.1, 0.15) is 24.1 Å². The van der Waals surface area contributed by atoms with Crippen molar-refractivity contribution >= 4 is 17.4 Å². The van der Waals surface area contributed by atoms with Crippen LogP contribution in [0.25, 0.3) is 0 Å². The Morgan fingerprint density at radius 1 is 1.17 bits per heavy atom. The number of halogens is 2. The number of anilines is 2. The largest absolute Gasteiger partial charge is 0.506 e. The summed E-state index contributed by atoms with van der Waals surface area (Å²) >= 11 is 0. The molecule has 3 aliphatic rings. The molecule has 0 unspecified atom stereocenters. The van der Waals surface area contributed by atoms with Crippen LogP contribution in [0.2, 0.25) is 0 Å². The number of likely N-dealkylation sites (N-methyl/N-ethyl adjacent to an activating group) is 1. The number of rotatable bonds is 6. The van der Waals surface area contributed by atoms with Gasteiger partial charge in [0.05, 0.1) is 12.2 Å². The second-order valence-electron chi connectivity index (χ2n) is 9.49. The number of likely N-dealkylation sites (tertiary alicyclic amines) is 1. The van der Waals surface area contributed by atoms with Gasteiger partial charge in [-0.15, -0.1) is 0 Å². The molecule has 0 aliphatic carbocycles. The van der Waals surface area contributed by atoms with Crippen LogP contribution < -0.4 is 14.5 Å². The first-order valence-electron chi connectivity index (χ1n) is 12.2. The van der Waals surface area contributed by atoms with E-state index in [1.165, 1.54) is 23.1 Å². The molecule has 11 heteroatoms. The molecule has 0 saturated carbocycles. The molecule has 1 N–H and O–H groups in total. The van der Waals surface area contributed by atoms with Crippen molar-refractivity contribution < 1.29 is 23.4 Å². The summed E-state index contributed by atoms with van der Waals surface area (Å²) in [4.78, 5) is 28.8. The summed E-state index contributed by atoms with van der Waals surface area (Å²) in [6, 6.07) is 4.77. The van der Waals surface area contributed by atoms with Crippen LogP contribution in [0.15, 0.2) is 30.6 Å². The van der Waals surface area contributed by atoms with Crippen molar-refractivity contribution in [3.05, 3.63) is 47.7 Å². The van der Waals surface area contributed by atoms with Gasteiger partial charge in [-0.05, 0) is 38.6 Å². The zero-order valence-corrected chi connectivity index (χ0v) is 20.3. The van der Waals surface area contributed by atoms with Gasteiger partial charge in [-0.1, -0.05) is 12.6 Å². The van der Waals surface area contributed by atoms with Crippen molar-refractivity contribution in [1.29, 1.82) is 0 Å². The normalized spacial score (nSPS) is 20.1. The number of fused-ring (bicyclic) bond motifs is 1. The number of benzene rings is 1. The minimum absolute atomic E-state index is 0.119. The van der Waals surface area contributed by atoms with Crippen molar-refractivity contribution in [3.63, 3.8) is 0 Å². The Morgan fingerprint density at radius 2 is 1.94 bits per heavy atom. The third-order valence-electron chi connectivity index (χ3n) is 7.20. The molecule has 1 atom stereocenters. The molecule has 1 amide bonds. The maximum absolute atomic E-state index is 14.6. The predicted octanol–water partition coefficient (Wildman–Crippen LogP) is 2.45. The van der Waals surface area contributed by atoms with E-state index in [4.69, 9.17) is 9.72 Å². The van der Waals surface area contributed by atoms with E-state index in [9.17, 15) is 18.7 Å². The van der Waals surface area contributed by atoms with Crippen LogP contribution >= 0.6 is 0 Å². The Morgan fingerprint density at radius 3 is 2.61 bits per heavy atom. The van der Waals surface area contributed by atoms with E-state index in [-0.39, 0.29) is 17.4 Å². The Labute approximate surface area is 208 Å². The average molecular weight is 501 g/mol.